The molecule has 0 aromatic heterocycles. The molecule has 12 aromatic rings. The van der Waals surface area contributed by atoms with E-state index in [2.05, 4.69) is 297 Å². The molecule has 0 saturated carbocycles. The van der Waals surface area contributed by atoms with Gasteiger partial charge in [0.15, 0.2) is 0 Å². The number of hydrogen-bond acceptors (Lipinski definition) is 2. The summed E-state index contributed by atoms with van der Waals surface area (Å²) in [4.78, 5) is 4.57. The molecule has 0 amide bonds. The quantitative estimate of drug-likeness (QED) is 0.126. The van der Waals surface area contributed by atoms with Gasteiger partial charge in [0, 0.05) is 61.2 Å². The van der Waals surface area contributed by atoms with Gasteiger partial charge >= 0.3 is 0 Å². The molecule has 2 nitrogen and oxygen atoms in total. The van der Waals surface area contributed by atoms with Crippen molar-refractivity contribution in [3.05, 3.63) is 332 Å². The Balaban J connectivity index is 0.611. The second-order valence-electron chi connectivity index (χ2n) is 29.6. The summed E-state index contributed by atoms with van der Waals surface area (Å²) in [5.74, 6) is -0.505. The molecule has 0 atom stereocenters. The summed E-state index contributed by atoms with van der Waals surface area (Å²) in [5.41, 5.74) is 35.4. The Morgan fingerprint density at radius 1 is 0.211 bits per heavy atom. The minimum absolute atomic E-state index is 0.162. The summed E-state index contributed by atoms with van der Waals surface area (Å²) in [6.45, 7) is 23.4. The van der Waals surface area contributed by atoms with Crippen molar-refractivity contribution in [2.45, 2.75) is 96.3 Å². The van der Waals surface area contributed by atoms with Crippen LogP contribution in [0.5, 0.6) is 0 Å². The lowest BCUT2D eigenvalue weighted by molar-refractivity contribution is 0.627. The van der Waals surface area contributed by atoms with Gasteiger partial charge in [-0.1, -0.05) is 239 Å². The van der Waals surface area contributed by atoms with Crippen molar-refractivity contribution < 1.29 is 8.78 Å². The smallest absolute Gasteiger partial charge is 0.123 e. The highest BCUT2D eigenvalue weighted by Gasteiger charge is 2.41. The molecular weight excluding hydrogens is 1160 g/mol. The standard InChI is InChI=1S/C91H74F2N2/c1-87(2)77-17-13-11-15-67(77)73-43-35-63(51-83(73)87)94(61-31-27-59(92)28-32-61)65-37-45-75-71-41-25-57(49-81(71)90(7,8)85(75)53-65)21-19-55-23-39-69-70-40-24-56(48-80(70)89(5,6)79(69)47-55)20-22-58-26-42-72-76-46-38-66(54-86(76)91(9,10)82(72)50-58)95(62-33-29-60(93)30-34-62)64-36-44-74-68-16-12-14-18-78(68)88(3,4)84(74)52-64/h11-54H,1-10H3. The van der Waals surface area contributed by atoms with E-state index in [1.807, 2.05) is 24.3 Å². The van der Waals surface area contributed by atoms with Crippen LogP contribution in [0.15, 0.2) is 243 Å². The van der Waals surface area contributed by atoms with Crippen molar-refractivity contribution >= 4 is 58.4 Å². The zero-order valence-electron chi connectivity index (χ0n) is 55.6. The maximum atomic E-state index is 14.6. The number of benzene rings is 12. The monoisotopic (exact) mass is 1230 g/mol. The van der Waals surface area contributed by atoms with E-state index in [4.69, 9.17) is 0 Å². The molecule has 0 radical (unpaired) electrons. The largest absolute Gasteiger partial charge is 0.310 e. The normalized spacial score (nSPS) is 15.9. The molecule has 5 aliphatic rings. The molecule has 4 heteroatoms. The van der Waals surface area contributed by atoms with E-state index >= 15 is 0 Å². The van der Waals surface area contributed by atoms with E-state index in [-0.39, 0.29) is 38.7 Å². The molecule has 0 N–H and O–H groups in total. The molecule has 5 aliphatic carbocycles. The van der Waals surface area contributed by atoms with Gasteiger partial charge in [-0.15, -0.1) is 0 Å². The van der Waals surface area contributed by atoms with Gasteiger partial charge in [0.05, 0.1) is 0 Å². The van der Waals surface area contributed by atoms with Crippen molar-refractivity contribution in [3.63, 3.8) is 0 Å². The van der Waals surface area contributed by atoms with Crippen molar-refractivity contribution in [2.24, 2.45) is 0 Å². The first-order valence-electron chi connectivity index (χ1n) is 33.5. The third-order valence-corrected chi connectivity index (χ3v) is 22.4. The molecule has 0 heterocycles. The predicted octanol–water partition coefficient (Wildman–Crippen LogP) is 24.8. The lowest BCUT2D eigenvalue weighted by atomic mass is 9.81. The molecule has 12 aromatic carbocycles. The number of fused-ring (bicyclic) bond motifs is 15. The Morgan fingerprint density at radius 3 is 0.674 bits per heavy atom. The van der Waals surface area contributed by atoms with Crippen LogP contribution in [-0.2, 0) is 27.1 Å². The molecule has 0 spiro atoms. The topological polar surface area (TPSA) is 6.48 Å². The van der Waals surface area contributed by atoms with Crippen molar-refractivity contribution in [1.82, 2.24) is 0 Å². The van der Waals surface area contributed by atoms with Gasteiger partial charge < -0.3 is 9.80 Å². The number of halogens is 2. The third-order valence-electron chi connectivity index (χ3n) is 22.4. The third kappa shape index (κ3) is 8.93. The molecule has 462 valence electrons. The summed E-state index contributed by atoms with van der Waals surface area (Å²) in [5, 5.41) is 0. The highest BCUT2D eigenvalue weighted by atomic mass is 19.1. The lowest BCUT2D eigenvalue weighted by Gasteiger charge is -2.29. The maximum absolute atomic E-state index is 14.6. The summed E-state index contributed by atoms with van der Waals surface area (Å²) in [6, 6.07) is 86.5. The Labute approximate surface area is 557 Å². The van der Waals surface area contributed by atoms with Gasteiger partial charge in [-0.25, -0.2) is 8.78 Å². The van der Waals surface area contributed by atoms with Gasteiger partial charge in [-0.05, 0) is 231 Å². The van der Waals surface area contributed by atoms with Crippen molar-refractivity contribution in [1.29, 1.82) is 0 Å². The van der Waals surface area contributed by atoms with Crippen molar-refractivity contribution in [2.75, 3.05) is 9.80 Å². The number of hydrogen-bond donors (Lipinski definition) is 0. The highest BCUT2D eigenvalue weighted by molar-refractivity contribution is 5.93. The Bertz CT molecular complexity index is 4970. The van der Waals surface area contributed by atoms with Crippen LogP contribution in [0.4, 0.5) is 42.9 Å². The van der Waals surface area contributed by atoms with Crippen LogP contribution < -0.4 is 9.80 Å². The Morgan fingerprint density at radius 2 is 0.411 bits per heavy atom. The maximum Gasteiger partial charge on any atom is 0.123 e. The first-order valence-corrected chi connectivity index (χ1v) is 33.5. The fourth-order valence-corrected chi connectivity index (χ4v) is 17.1. The first-order chi connectivity index (χ1) is 45.6. The molecule has 0 fully saturated rings. The van der Waals surface area contributed by atoms with Crippen LogP contribution >= 0.6 is 0 Å². The van der Waals surface area contributed by atoms with E-state index in [1.54, 1.807) is 24.3 Å². The minimum Gasteiger partial charge on any atom is -0.310 e. The average molecular weight is 1230 g/mol. The molecule has 0 unspecified atom stereocenters. The van der Waals surface area contributed by atoms with Gasteiger partial charge in [0.1, 0.15) is 11.6 Å². The number of rotatable bonds is 10. The summed E-state index contributed by atoms with van der Waals surface area (Å²) < 4.78 is 29.1. The molecule has 0 aliphatic heterocycles. The Kier molecular flexibility index (Phi) is 12.8. The van der Waals surface area contributed by atoms with Crippen LogP contribution in [0.25, 0.3) is 79.9 Å². The number of anilines is 6. The second kappa shape index (κ2) is 20.8. The van der Waals surface area contributed by atoms with E-state index in [1.165, 1.54) is 122 Å². The fourth-order valence-electron chi connectivity index (χ4n) is 17.1. The first kappa shape index (κ1) is 58.4. The Hall–Kier alpha value is -10.4. The average Bonchev–Trinajstić information content (AvgIpc) is 1.62. The van der Waals surface area contributed by atoms with Crippen LogP contribution in [0, 0.1) is 11.6 Å². The van der Waals surface area contributed by atoms with Crippen LogP contribution in [0.3, 0.4) is 0 Å². The van der Waals surface area contributed by atoms with E-state index in [9.17, 15) is 8.78 Å². The number of nitrogens with zero attached hydrogens (tertiary/aromatic N) is 2. The van der Waals surface area contributed by atoms with E-state index < -0.39 is 0 Å². The van der Waals surface area contributed by atoms with Gasteiger partial charge in [-0.2, -0.15) is 0 Å². The fraction of sp³-hybridized carbons (Fsp3) is 0.165. The zero-order valence-corrected chi connectivity index (χ0v) is 55.6. The molecule has 95 heavy (non-hydrogen) atoms. The lowest BCUT2D eigenvalue weighted by Crippen LogP contribution is -2.18. The highest BCUT2D eigenvalue weighted by Crippen LogP contribution is 2.57. The summed E-state index contributed by atoms with van der Waals surface area (Å²) in [7, 11) is 0. The van der Waals surface area contributed by atoms with Crippen LogP contribution in [0.1, 0.15) is 147 Å². The molecule has 0 saturated heterocycles. The summed E-state index contributed by atoms with van der Waals surface area (Å²) >= 11 is 0. The molecule has 17 rings (SSSR count). The van der Waals surface area contributed by atoms with Crippen molar-refractivity contribution in [3.8, 4) is 55.6 Å². The van der Waals surface area contributed by atoms with Gasteiger partial charge in [0.25, 0.3) is 0 Å². The van der Waals surface area contributed by atoms with Crippen LogP contribution in [0.2, 0.25) is 0 Å². The second-order valence-corrected chi connectivity index (χ2v) is 29.6. The van der Waals surface area contributed by atoms with Crippen LogP contribution in [-0.4, -0.2) is 0 Å². The molecule has 0 bridgehead atoms. The predicted molar refractivity (Wildman–Crippen MR) is 394 cm³/mol. The summed E-state index contributed by atoms with van der Waals surface area (Å²) in [6.07, 6.45) is 9.08. The van der Waals surface area contributed by atoms with E-state index in [0.717, 1.165) is 45.3 Å². The molecular formula is C91H74F2N2. The SMILES string of the molecule is CC1(C)c2cc(C=Cc3ccc4c(c3)C(C)(C)c3cc(N(c5ccc(F)cc5)c5ccc6c(c5)C(C)(C)c5ccccc5-6)ccc3-4)ccc2-c2ccc(C=Cc3ccc4c(c3)C(C)(C)c3cc(N(c5ccc(F)cc5)c5ccc6c(c5)C(C)(C)c5ccccc5-6)ccc3-4)cc21. The minimum atomic E-state index is -0.275. The van der Waals surface area contributed by atoms with Gasteiger partial charge in [-0.3, -0.25) is 0 Å². The van der Waals surface area contributed by atoms with E-state index in [0.29, 0.717) is 0 Å². The zero-order chi connectivity index (χ0) is 65.2. The van der Waals surface area contributed by atoms with Gasteiger partial charge in [0.2, 0.25) is 0 Å².